The van der Waals surface area contributed by atoms with E-state index in [1.807, 2.05) is 19.1 Å². The van der Waals surface area contributed by atoms with Gasteiger partial charge < -0.3 is 10.1 Å². The Morgan fingerprint density at radius 1 is 1.26 bits per heavy atom. The van der Waals surface area contributed by atoms with Crippen molar-refractivity contribution < 1.29 is 23.1 Å². The van der Waals surface area contributed by atoms with E-state index in [4.69, 9.17) is 11.6 Å². The molecule has 1 unspecified atom stereocenters. The minimum absolute atomic E-state index is 0.0531. The summed E-state index contributed by atoms with van der Waals surface area (Å²) < 4.78 is 30.7. The lowest BCUT2D eigenvalue weighted by atomic mass is 10.3. The summed E-state index contributed by atoms with van der Waals surface area (Å²) in [6.45, 7) is 2.28. The monoisotopic (exact) mass is 579 g/mol. The van der Waals surface area contributed by atoms with Crippen LogP contribution < -0.4 is 15.0 Å². The number of carbonyl (C=O) groups excluding carboxylic acids is 2. The highest BCUT2D eigenvalue weighted by molar-refractivity contribution is 14.1. The minimum atomic E-state index is -3.79. The Morgan fingerprint density at radius 2 is 1.90 bits per heavy atom. The van der Waals surface area contributed by atoms with Crippen LogP contribution in [0.2, 0.25) is 0 Å². The summed E-state index contributed by atoms with van der Waals surface area (Å²) in [7, 11) is 0. The standard InChI is InChI=1S/C20H17ClF2IN3O3S/c1-2-25-19(26-13-5-9-15(10-6-13)30-20(21,22)23)31-16-11-17(28)27(18(16)29)14-7-3-12(24)4-8-14/h3-10,16H,2,11H2,1H3,(H,25,26). The van der Waals surface area contributed by atoms with Crippen LogP contribution in [0.4, 0.5) is 20.2 Å². The van der Waals surface area contributed by atoms with Gasteiger partial charge in [-0.05, 0) is 78.0 Å². The number of halogens is 4. The fourth-order valence-electron chi connectivity index (χ4n) is 2.81. The van der Waals surface area contributed by atoms with Crippen molar-refractivity contribution in [1.82, 2.24) is 0 Å². The van der Waals surface area contributed by atoms with Gasteiger partial charge in [0.25, 0.3) is 0 Å². The largest absolute Gasteiger partial charge is 0.487 e. The Kier molecular flexibility index (Phi) is 7.76. The predicted molar refractivity (Wildman–Crippen MR) is 127 cm³/mol. The van der Waals surface area contributed by atoms with Crippen LogP contribution in [0.5, 0.6) is 5.75 Å². The first-order valence-corrected chi connectivity index (χ1v) is 11.5. The van der Waals surface area contributed by atoms with Crippen molar-refractivity contribution in [2.45, 2.75) is 24.2 Å². The van der Waals surface area contributed by atoms with Gasteiger partial charge in [-0.2, -0.15) is 0 Å². The minimum Gasteiger partial charge on any atom is -0.420 e. The van der Waals surface area contributed by atoms with E-state index in [2.05, 4.69) is 37.6 Å². The van der Waals surface area contributed by atoms with Crippen LogP contribution >= 0.6 is 46.0 Å². The molecule has 0 radical (unpaired) electrons. The summed E-state index contributed by atoms with van der Waals surface area (Å²) >= 11 is 8.06. The van der Waals surface area contributed by atoms with Crippen LogP contribution in [0.15, 0.2) is 53.5 Å². The van der Waals surface area contributed by atoms with E-state index < -0.39 is 10.8 Å². The number of hydrogen-bond donors (Lipinski definition) is 1. The third kappa shape index (κ3) is 6.53. The molecule has 2 aromatic rings. The van der Waals surface area contributed by atoms with Crippen molar-refractivity contribution in [3.8, 4) is 5.75 Å². The number of nitrogens with one attached hydrogen (secondary N) is 1. The molecule has 2 aromatic carbocycles. The zero-order valence-corrected chi connectivity index (χ0v) is 19.9. The number of alkyl halides is 3. The van der Waals surface area contributed by atoms with E-state index in [1.54, 1.807) is 12.1 Å². The molecule has 0 bridgehead atoms. The molecule has 0 spiro atoms. The normalized spacial score (nSPS) is 17.3. The summed E-state index contributed by atoms with van der Waals surface area (Å²) in [5.41, 5.74) is -2.71. The lowest BCUT2D eigenvalue weighted by molar-refractivity contribution is -0.121. The number of amides is 2. The fourth-order valence-corrected chi connectivity index (χ4v) is 4.34. The first kappa shape index (κ1) is 23.7. The molecule has 1 atom stereocenters. The van der Waals surface area contributed by atoms with Crippen LogP contribution in [0.25, 0.3) is 0 Å². The zero-order valence-electron chi connectivity index (χ0n) is 16.1. The third-order valence-electron chi connectivity index (χ3n) is 4.08. The average Bonchev–Trinajstić information content (AvgIpc) is 2.96. The maximum absolute atomic E-state index is 12.9. The van der Waals surface area contributed by atoms with Crippen LogP contribution in [0.3, 0.4) is 0 Å². The molecule has 0 saturated carbocycles. The lowest BCUT2D eigenvalue weighted by Gasteiger charge is -2.16. The van der Waals surface area contributed by atoms with Crippen LogP contribution in [-0.4, -0.2) is 34.3 Å². The second-order valence-electron chi connectivity index (χ2n) is 6.33. The van der Waals surface area contributed by atoms with Gasteiger partial charge in [0.1, 0.15) is 11.0 Å². The van der Waals surface area contributed by atoms with Crippen molar-refractivity contribution in [1.29, 1.82) is 0 Å². The summed E-state index contributed by atoms with van der Waals surface area (Å²) in [6.07, 6.45) is 0.0531. The number of aliphatic imine (C=N–C) groups is 1. The van der Waals surface area contributed by atoms with Crippen molar-refractivity contribution in [2.24, 2.45) is 4.99 Å². The molecule has 1 heterocycles. The maximum atomic E-state index is 12.9. The number of rotatable bonds is 6. The van der Waals surface area contributed by atoms with Gasteiger partial charge in [-0.3, -0.25) is 14.6 Å². The Labute approximate surface area is 200 Å². The number of carbonyl (C=O) groups is 2. The van der Waals surface area contributed by atoms with Gasteiger partial charge in [0, 0.05) is 33.8 Å². The van der Waals surface area contributed by atoms with Crippen LogP contribution in [-0.2, 0) is 9.59 Å². The predicted octanol–water partition coefficient (Wildman–Crippen LogP) is 5.31. The molecule has 3 rings (SSSR count). The number of imide groups is 1. The van der Waals surface area contributed by atoms with Gasteiger partial charge in [0.2, 0.25) is 11.8 Å². The molecule has 31 heavy (non-hydrogen) atoms. The van der Waals surface area contributed by atoms with Gasteiger partial charge >= 0.3 is 5.57 Å². The van der Waals surface area contributed by atoms with E-state index in [1.165, 1.54) is 29.2 Å². The maximum Gasteiger partial charge on any atom is 0.487 e. The molecule has 0 aromatic heterocycles. The molecule has 6 nitrogen and oxygen atoms in total. The van der Waals surface area contributed by atoms with Crippen LogP contribution in [0.1, 0.15) is 13.3 Å². The van der Waals surface area contributed by atoms with Gasteiger partial charge in [0.05, 0.1) is 5.69 Å². The zero-order chi connectivity index (χ0) is 22.6. The molecular weight excluding hydrogens is 563 g/mol. The second-order valence-corrected chi connectivity index (χ2v) is 9.21. The highest BCUT2D eigenvalue weighted by Crippen LogP contribution is 2.31. The quantitative estimate of drug-likeness (QED) is 0.165. The highest BCUT2D eigenvalue weighted by atomic mass is 127. The van der Waals surface area contributed by atoms with Crippen molar-refractivity contribution in [3.63, 3.8) is 0 Å². The Bertz CT molecular complexity index is 985. The van der Waals surface area contributed by atoms with Gasteiger partial charge in [0.15, 0.2) is 5.17 Å². The van der Waals surface area contributed by atoms with E-state index in [-0.39, 0.29) is 24.0 Å². The SMILES string of the molecule is CCN=C(Nc1ccc(OC(F)(F)Cl)cc1)SC1CC(=O)N(c2ccc(I)cc2)C1=O. The molecule has 2 amide bonds. The number of anilines is 2. The van der Waals surface area contributed by atoms with E-state index >= 15 is 0 Å². The van der Waals surface area contributed by atoms with Crippen LogP contribution in [0, 0.1) is 3.57 Å². The number of thioether (sulfide) groups is 1. The first-order chi connectivity index (χ1) is 14.7. The summed E-state index contributed by atoms with van der Waals surface area (Å²) in [5, 5.41) is 2.86. The number of amidine groups is 1. The summed E-state index contributed by atoms with van der Waals surface area (Å²) in [6, 6.07) is 12.8. The van der Waals surface area contributed by atoms with Gasteiger partial charge in [-0.25, -0.2) is 4.90 Å². The second kappa shape index (κ2) is 10.1. The number of ether oxygens (including phenoxy) is 1. The first-order valence-electron chi connectivity index (χ1n) is 9.12. The third-order valence-corrected chi connectivity index (χ3v) is 5.99. The molecular formula is C20H17ClF2IN3O3S. The topological polar surface area (TPSA) is 71.0 Å². The Balaban J connectivity index is 1.69. The highest BCUT2D eigenvalue weighted by Gasteiger charge is 2.40. The van der Waals surface area contributed by atoms with E-state index in [0.29, 0.717) is 23.1 Å². The van der Waals surface area contributed by atoms with Crippen molar-refractivity contribution >= 4 is 74.3 Å². The Hall–Kier alpha value is -1.92. The molecule has 1 fully saturated rings. The molecule has 11 heteroatoms. The number of benzene rings is 2. The van der Waals surface area contributed by atoms with Gasteiger partial charge in [-0.1, -0.05) is 11.8 Å². The number of hydrogen-bond acceptors (Lipinski definition) is 5. The summed E-state index contributed by atoms with van der Waals surface area (Å²) in [4.78, 5) is 30.9. The molecule has 164 valence electrons. The fraction of sp³-hybridized carbons (Fsp3) is 0.250. The van der Waals surface area contributed by atoms with E-state index in [9.17, 15) is 18.4 Å². The van der Waals surface area contributed by atoms with Gasteiger partial charge in [-0.15, -0.1) is 8.78 Å². The molecule has 1 aliphatic heterocycles. The Morgan fingerprint density at radius 3 is 2.48 bits per heavy atom. The average molecular weight is 580 g/mol. The molecule has 0 aliphatic carbocycles. The number of nitrogens with zero attached hydrogens (tertiary/aromatic N) is 2. The van der Waals surface area contributed by atoms with E-state index in [0.717, 1.165) is 15.3 Å². The van der Waals surface area contributed by atoms with Crippen molar-refractivity contribution in [2.75, 3.05) is 16.8 Å². The van der Waals surface area contributed by atoms with Crippen molar-refractivity contribution in [3.05, 3.63) is 52.1 Å². The lowest BCUT2D eigenvalue weighted by Crippen LogP contribution is -2.31. The molecule has 1 N–H and O–H groups in total. The summed E-state index contributed by atoms with van der Waals surface area (Å²) in [5.74, 6) is -0.685. The molecule has 1 aliphatic rings. The smallest absolute Gasteiger partial charge is 0.420 e. The molecule has 1 saturated heterocycles.